The van der Waals surface area contributed by atoms with Gasteiger partial charge in [0.2, 0.25) is 0 Å². The van der Waals surface area contributed by atoms with E-state index in [0.717, 1.165) is 30.6 Å². The summed E-state index contributed by atoms with van der Waals surface area (Å²) in [6, 6.07) is 12.4. The SMILES string of the molecule is CCOc1ccc(CNCCc2ccc(F)cc2)cc1Cl. The Morgan fingerprint density at radius 3 is 2.48 bits per heavy atom. The molecule has 2 nitrogen and oxygen atoms in total. The minimum absolute atomic E-state index is 0.198. The van der Waals surface area contributed by atoms with Gasteiger partial charge in [-0.25, -0.2) is 4.39 Å². The van der Waals surface area contributed by atoms with Gasteiger partial charge in [0.15, 0.2) is 0 Å². The summed E-state index contributed by atoms with van der Waals surface area (Å²) in [5, 5.41) is 3.98. The molecule has 0 heterocycles. The van der Waals surface area contributed by atoms with Crippen LogP contribution in [0.3, 0.4) is 0 Å². The van der Waals surface area contributed by atoms with Crippen molar-refractivity contribution in [1.82, 2.24) is 5.32 Å². The summed E-state index contributed by atoms with van der Waals surface area (Å²) in [6.45, 7) is 4.11. The van der Waals surface area contributed by atoms with Crippen molar-refractivity contribution in [2.24, 2.45) is 0 Å². The molecule has 1 N–H and O–H groups in total. The molecule has 0 saturated carbocycles. The van der Waals surface area contributed by atoms with Crippen LogP contribution in [0.15, 0.2) is 42.5 Å². The summed E-state index contributed by atoms with van der Waals surface area (Å²) in [5.74, 6) is 0.518. The topological polar surface area (TPSA) is 21.3 Å². The first-order valence-corrected chi connectivity index (χ1v) is 7.43. The van der Waals surface area contributed by atoms with Crippen LogP contribution < -0.4 is 10.1 Å². The lowest BCUT2D eigenvalue weighted by molar-refractivity contribution is 0.340. The monoisotopic (exact) mass is 307 g/mol. The molecule has 112 valence electrons. The number of ether oxygens (including phenoxy) is 1. The Labute approximate surface area is 129 Å². The van der Waals surface area contributed by atoms with E-state index in [4.69, 9.17) is 16.3 Å². The minimum Gasteiger partial charge on any atom is -0.492 e. The van der Waals surface area contributed by atoms with E-state index in [1.54, 1.807) is 0 Å². The van der Waals surface area contributed by atoms with Crippen LogP contribution in [0.2, 0.25) is 5.02 Å². The molecular formula is C17H19ClFNO. The Morgan fingerprint density at radius 1 is 1.10 bits per heavy atom. The third-order valence-electron chi connectivity index (χ3n) is 3.13. The van der Waals surface area contributed by atoms with Crippen molar-refractivity contribution >= 4 is 11.6 Å². The summed E-state index contributed by atoms with van der Waals surface area (Å²) in [7, 11) is 0. The Hall–Kier alpha value is -1.58. The summed E-state index contributed by atoms with van der Waals surface area (Å²) in [6.07, 6.45) is 0.866. The van der Waals surface area contributed by atoms with Crippen LogP contribution >= 0.6 is 11.6 Å². The predicted octanol–water partition coefficient (Wildman–Crippen LogP) is 4.21. The van der Waals surface area contributed by atoms with E-state index in [9.17, 15) is 4.39 Å². The molecule has 0 unspecified atom stereocenters. The number of benzene rings is 2. The average molecular weight is 308 g/mol. The van der Waals surface area contributed by atoms with E-state index in [0.29, 0.717) is 17.4 Å². The molecule has 0 fully saturated rings. The molecule has 2 aromatic carbocycles. The fourth-order valence-corrected chi connectivity index (χ4v) is 2.30. The van der Waals surface area contributed by atoms with Crippen LogP contribution in [-0.4, -0.2) is 13.2 Å². The Kier molecular flexibility index (Phi) is 6.03. The standard InChI is InChI=1S/C17H19ClFNO/c1-2-21-17-8-5-14(11-16(17)18)12-20-10-9-13-3-6-15(19)7-4-13/h3-8,11,20H,2,9-10,12H2,1H3. The fraction of sp³-hybridized carbons (Fsp3) is 0.294. The molecule has 0 aromatic heterocycles. The van der Waals surface area contributed by atoms with Gasteiger partial charge in [-0.3, -0.25) is 0 Å². The van der Waals surface area contributed by atoms with Gasteiger partial charge in [0, 0.05) is 6.54 Å². The maximum atomic E-state index is 12.8. The summed E-state index contributed by atoms with van der Waals surface area (Å²) in [4.78, 5) is 0. The van der Waals surface area contributed by atoms with Crippen LogP contribution in [-0.2, 0) is 13.0 Å². The Balaban J connectivity index is 1.78. The van der Waals surface area contributed by atoms with Gasteiger partial charge in [-0.1, -0.05) is 29.8 Å². The van der Waals surface area contributed by atoms with Crippen molar-refractivity contribution in [3.05, 3.63) is 64.4 Å². The molecule has 2 aromatic rings. The third kappa shape index (κ3) is 5.03. The number of nitrogens with one attached hydrogen (secondary N) is 1. The number of hydrogen-bond acceptors (Lipinski definition) is 2. The molecule has 0 spiro atoms. The van der Waals surface area contributed by atoms with E-state index in [1.165, 1.54) is 12.1 Å². The van der Waals surface area contributed by atoms with Gasteiger partial charge in [0.25, 0.3) is 0 Å². The molecule has 0 aliphatic carbocycles. The molecule has 0 saturated heterocycles. The van der Waals surface area contributed by atoms with E-state index < -0.39 is 0 Å². The summed E-state index contributed by atoms with van der Waals surface area (Å²) < 4.78 is 18.2. The zero-order chi connectivity index (χ0) is 15.1. The normalized spacial score (nSPS) is 10.6. The molecule has 4 heteroatoms. The maximum absolute atomic E-state index is 12.8. The van der Waals surface area contributed by atoms with Crippen molar-refractivity contribution < 1.29 is 9.13 Å². The van der Waals surface area contributed by atoms with Crippen LogP contribution in [0.25, 0.3) is 0 Å². The highest BCUT2D eigenvalue weighted by Gasteiger charge is 2.02. The summed E-state index contributed by atoms with van der Waals surface area (Å²) in [5.41, 5.74) is 2.23. The van der Waals surface area contributed by atoms with Gasteiger partial charge in [-0.05, 0) is 55.3 Å². The highest BCUT2D eigenvalue weighted by atomic mass is 35.5. The second-order valence-electron chi connectivity index (χ2n) is 4.75. The zero-order valence-electron chi connectivity index (χ0n) is 12.0. The predicted molar refractivity (Wildman–Crippen MR) is 84.4 cm³/mol. The van der Waals surface area contributed by atoms with E-state index in [2.05, 4.69) is 5.32 Å². The van der Waals surface area contributed by atoms with E-state index in [1.807, 2.05) is 37.3 Å². The molecule has 0 bridgehead atoms. The van der Waals surface area contributed by atoms with Crippen LogP contribution in [0.1, 0.15) is 18.1 Å². The molecule has 0 aliphatic rings. The maximum Gasteiger partial charge on any atom is 0.137 e. The van der Waals surface area contributed by atoms with Crippen molar-refractivity contribution in [3.8, 4) is 5.75 Å². The third-order valence-corrected chi connectivity index (χ3v) is 3.42. The smallest absolute Gasteiger partial charge is 0.137 e. The van der Waals surface area contributed by atoms with E-state index in [-0.39, 0.29) is 5.82 Å². The van der Waals surface area contributed by atoms with Crippen LogP contribution in [0, 0.1) is 5.82 Å². The first kappa shape index (κ1) is 15.8. The van der Waals surface area contributed by atoms with Gasteiger partial charge >= 0.3 is 0 Å². The molecule has 0 amide bonds. The van der Waals surface area contributed by atoms with Gasteiger partial charge in [0.05, 0.1) is 11.6 Å². The van der Waals surface area contributed by atoms with Gasteiger partial charge < -0.3 is 10.1 Å². The van der Waals surface area contributed by atoms with Crippen LogP contribution in [0.5, 0.6) is 5.75 Å². The number of hydrogen-bond donors (Lipinski definition) is 1. The molecule has 0 atom stereocenters. The lowest BCUT2D eigenvalue weighted by atomic mass is 10.1. The Bertz CT molecular complexity index is 572. The molecule has 2 rings (SSSR count). The van der Waals surface area contributed by atoms with Crippen molar-refractivity contribution in [2.75, 3.05) is 13.2 Å². The first-order valence-electron chi connectivity index (χ1n) is 7.05. The first-order chi connectivity index (χ1) is 10.2. The van der Waals surface area contributed by atoms with Gasteiger partial charge in [0.1, 0.15) is 11.6 Å². The number of rotatable bonds is 7. The van der Waals surface area contributed by atoms with Crippen molar-refractivity contribution in [1.29, 1.82) is 0 Å². The van der Waals surface area contributed by atoms with Crippen molar-refractivity contribution in [3.63, 3.8) is 0 Å². The second kappa shape index (κ2) is 8.01. The van der Waals surface area contributed by atoms with Crippen molar-refractivity contribution in [2.45, 2.75) is 19.9 Å². The van der Waals surface area contributed by atoms with Gasteiger partial charge in [-0.2, -0.15) is 0 Å². The summed E-state index contributed by atoms with van der Waals surface area (Å²) >= 11 is 6.14. The fourth-order valence-electron chi connectivity index (χ4n) is 2.04. The lowest BCUT2D eigenvalue weighted by Crippen LogP contribution is -2.16. The quantitative estimate of drug-likeness (QED) is 0.774. The van der Waals surface area contributed by atoms with Gasteiger partial charge in [-0.15, -0.1) is 0 Å². The molecule has 21 heavy (non-hydrogen) atoms. The largest absolute Gasteiger partial charge is 0.492 e. The number of halogens is 2. The zero-order valence-corrected chi connectivity index (χ0v) is 12.8. The highest BCUT2D eigenvalue weighted by molar-refractivity contribution is 6.32. The molecule has 0 aliphatic heterocycles. The molecular weight excluding hydrogens is 289 g/mol. The highest BCUT2D eigenvalue weighted by Crippen LogP contribution is 2.25. The van der Waals surface area contributed by atoms with E-state index >= 15 is 0 Å². The minimum atomic E-state index is -0.198. The lowest BCUT2D eigenvalue weighted by Gasteiger charge is -2.09. The molecule has 0 radical (unpaired) electrons. The average Bonchev–Trinajstić information content (AvgIpc) is 2.48. The van der Waals surface area contributed by atoms with Crippen LogP contribution in [0.4, 0.5) is 4.39 Å². The second-order valence-corrected chi connectivity index (χ2v) is 5.16. The Morgan fingerprint density at radius 2 is 1.81 bits per heavy atom.